The van der Waals surface area contributed by atoms with E-state index in [-0.39, 0.29) is 5.91 Å². The molecule has 0 aliphatic heterocycles. The number of ether oxygens (including phenoxy) is 2. The molecule has 24 heavy (non-hydrogen) atoms. The molecule has 128 valence electrons. The van der Waals surface area contributed by atoms with Gasteiger partial charge in [-0.2, -0.15) is 0 Å². The zero-order valence-electron chi connectivity index (χ0n) is 15.0. The maximum absolute atomic E-state index is 13.0. The van der Waals surface area contributed by atoms with Gasteiger partial charge in [0.15, 0.2) is 11.5 Å². The second kappa shape index (κ2) is 7.39. The van der Waals surface area contributed by atoms with Crippen molar-refractivity contribution in [3.63, 3.8) is 0 Å². The van der Waals surface area contributed by atoms with E-state index in [1.165, 1.54) is 0 Å². The van der Waals surface area contributed by atoms with Gasteiger partial charge in [-0.05, 0) is 37.1 Å². The first kappa shape index (κ1) is 17.9. The Bertz CT molecular complexity index is 695. The Morgan fingerprint density at radius 3 is 2.21 bits per heavy atom. The van der Waals surface area contributed by atoms with Crippen LogP contribution in [0.5, 0.6) is 11.5 Å². The second-order valence-electron chi connectivity index (χ2n) is 6.34. The SMILES string of the molecule is COc1ccc(C(C)(C)C(=O)N(C)Cc2ccccc2)cc1OC. The van der Waals surface area contributed by atoms with E-state index in [4.69, 9.17) is 9.47 Å². The minimum absolute atomic E-state index is 0.0542. The standard InChI is InChI=1S/C20H25NO3/c1-20(2,16-11-12-17(23-4)18(13-16)24-5)19(22)21(3)14-15-9-7-6-8-10-15/h6-13H,14H2,1-5H3. The van der Waals surface area contributed by atoms with Crippen LogP contribution >= 0.6 is 0 Å². The number of nitrogens with zero attached hydrogens (tertiary/aromatic N) is 1. The van der Waals surface area contributed by atoms with Crippen molar-refractivity contribution in [3.8, 4) is 11.5 Å². The molecule has 0 unspecified atom stereocenters. The summed E-state index contributed by atoms with van der Waals surface area (Å²) in [7, 11) is 5.03. The van der Waals surface area contributed by atoms with Crippen molar-refractivity contribution >= 4 is 5.91 Å². The molecular weight excluding hydrogens is 302 g/mol. The van der Waals surface area contributed by atoms with Crippen molar-refractivity contribution in [1.29, 1.82) is 0 Å². The molecule has 2 aromatic carbocycles. The van der Waals surface area contributed by atoms with Crippen LogP contribution in [0.1, 0.15) is 25.0 Å². The highest BCUT2D eigenvalue weighted by Crippen LogP contribution is 2.34. The summed E-state index contributed by atoms with van der Waals surface area (Å²) in [6.07, 6.45) is 0. The molecule has 2 aromatic rings. The highest BCUT2D eigenvalue weighted by molar-refractivity contribution is 5.87. The van der Waals surface area contributed by atoms with Crippen LogP contribution in [-0.2, 0) is 16.8 Å². The molecule has 0 N–H and O–H groups in total. The van der Waals surface area contributed by atoms with E-state index in [2.05, 4.69) is 0 Å². The number of hydrogen-bond donors (Lipinski definition) is 0. The van der Waals surface area contributed by atoms with E-state index in [1.807, 2.05) is 69.4 Å². The van der Waals surface area contributed by atoms with Gasteiger partial charge in [0.1, 0.15) is 0 Å². The Morgan fingerprint density at radius 2 is 1.62 bits per heavy atom. The largest absolute Gasteiger partial charge is 0.493 e. The molecule has 0 radical (unpaired) electrons. The fourth-order valence-corrected chi connectivity index (χ4v) is 2.75. The number of methoxy groups -OCH3 is 2. The van der Waals surface area contributed by atoms with Crippen LogP contribution in [0, 0.1) is 0 Å². The average molecular weight is 327 g/mol. The molecule has 0 heterocycles. The van der Waals surface area contributed by atoms with E-state index in [9.17, 15) is 4.79 Å². The molecule has 0 saturated carbocycles. The predicted molar refractivity (Wildman–Crippen MR) is 95.5 cm³/mol. The van der Waals surface area contributed by atoms with E-state index >= 15 is 0 Å². The maximum atomic E-state index is 13.0. The number of hydrogen-bond acceptors (Lipinski definition) is 3. The van der Waals surface area contributed by atoms with Crippen LogP contribution in [0.4, 0.5) is 0 Å². The number of carbonyl (C=O) groups is 1. The fraction of sp³-hybridized carbons (Fsp3) is 0.350. The minimum atomic E-state index is -0.664. The van der Waals surface area contributed by atoms with E-state index in [0.29, 0.717) is 18.0 Å². The maximum Gasteiger partial charge on any atom is 0.232 e. The lowest BCUT2D eigenvalue weighted by molar-refractivity contribution is -0.135. The summed E-state index contributed by atoms with van der Waals surface area (Å²) >= 11 is 0. The van der Waals surface area contributed by atoms with Gasteiger partial charge in [-0.1, -0.05) is 36.4 Å². The van der Waals surface area contributed by atoms with Crippen molar-refractivity contribution in [1.82, 2.24) is 4.90 Å². The van der Waals surface area contributed by atoms with Gasteiger partial charge in [0.2, 0.25) is 5.91 Å². The number of amides is 1. The summed E-state index contributed by atoms with van der Waals surface area (Å²) in [6.45, 7) is 4.44. The summed E-state index contributed by atoms with van der Waals surface area (Å²) in [4.78, 5) is 14.7. The van der Waals surface area contributed by atoms with E-state index in [1.54, 1.807) is 19.1 Å². The quantitative estimate of drug-likeness (QED) is 0.813. The molecule has 0 aliphatic rings. The lowest BCUT2D eigenvalue weighted by Gasteiger charge is -2.30. The van der Waals surface area contributed by atoms with Gasteiger partial charge in [-0.15, -0.1) is 0 Å². The fourth-order valence-electron chi connectivity index (χ4n) is 2.75. The molecule has 0 spiro atoms. The lowest BCUT2D eigenvalue weighted by atomic mass is 9.83. The molecule has 1 amide bonds. The van der Waals surface area contributed by atoms with Crippen molar-refractivity contribution in [2.24, 2.45) is 0 Å². The normalized spacial score (nSPS) is 11.0. The molecule has 2 rings (SSSR count). The lowest BCUT2D eigenvalue weighted by Crippen LogP contribution is -2.41. The smallest absolute Gasteiger partial charge is 0.232 e. The Labute approximate surface area is 144 Å². The van der Waals surface area contributed by atoms with Gasteiger partial charge in [0.05, 0.1) is 19.6 Å². The van der Waals surface area contributed by atoms with Crippen LogP contribution in [0.25, 0.3) is 0 Å². The third-order valence-corrected chi connectivity index (χ3v) is 4.25. The minimum Gasteiger partial charge on any atom is -0.493 e. The third kappa shape index (κ3) is 3.70. The van der Waals surface area contributed by atoms with E-state index < -0.39 is 5.41 Å². The zero-order chi connectivity index (χ0) is 17.7. The number of benzene rings is 2. The Balaban J connectivity index is 2.23. The first-order valence-electron chi connectivity index (χ1n) is 7.92. The summed E-state index contributed by atoms with van der Waals surface area (Å²) in [5.41, 5.74) is 1.34. The number of likely N-dealkylation sites (N-methyl/N-ethyl adjacent to an activating group) is 1. The number of carbonyl (C=O) groups excluding carboxylic acids is 1. The van der Waals surface area contributed by atoms with Crippen LogP contribution < -0.4 is 9.47 Å². The van der Waals surface area contributed by atoms with Crippen molar-refractivity contribution in [3.05, 3.63) is 59.7 Å². The van der Waals surface area contributed by atoms with Crippen LogP contribution in [0.15, 0.2) is 48.5 Å². The van der Waals surface area contributed by atoms with Crippen molar-refractivity contribution in [2.45, 2.75) is 25.8 Å². The monoisotopic (exact) mass is 327 g/mol. The molecule has 4 nitrogen and oxygen atoms in total. The molecule has 0 aliphatic carbocycles. The summed E-state index contributed by atoms with van der Waals surface area (Å²) < 4.78 is 10.6. The van der Waals surface area contributed by atoms with Crippen molar-refractivity contribution in [2.75, 3.05) is 21.3 Å². The highest BCUT2D eigenvalue weighted by Gasteiger charge is 2.33. The van der Waals surface area contributed by atoms with Gasteiger partial charge in [0.25, 0.3) is 0 Å². The molecule has 0 fully saturated rings. The Morgan fingerprint density at radius 1 is 1.00 bits per heavy atom. The highest BCUT2D eigenvalue weighted by atomic mass is 16.5. The van der Waals surface area contributed by atoms with E-state index in [0.717, 1.165) is 11.1 Å². The van der Waals surface area contributed by atoms with Crippen LogP contribution in [0.2, 0.25) is 0 Å². The molecule has 0 aromatic heterocycles. The second-order valence-corrected chi connectivity index (χ2v) is 6.34. The third-order valence-electron chi connectivity index (χ3n) is 4.25. The average Bonchev–Trinajstić information content (AvgIpc) is 2.61. The Kier molecular flexibility index (Phi) is 5.50. The molecule has 0 bridgehead atoms. The van der Waals surface area contributed by atoms with Gasteiger partial charge in [-0.3, -0.25) is 4.79 Å². The van der Waals surface area contributed by atoms with Crippen LogP contribution in [-0.4, -0.2) is 32.1 Å². The zero-order valence-corrected chi connectivity index (χ0v) is 15.0. The molecular formula is C20H25NO3. The van der Waals surface area contributed by atoms with Crippen LogP contribution in [0.3, 0.4) is 0 Å². The summed E-state index contributed by atoms with van der Waals surface area (Å²) in [5.74, 6) is 1.34. The van der Waals surface area contributed by atoms with Gasteiger partial charge in [-0.25, -0.2) is 0 Å². The molecule has 4 heteroatoms. The molecule has 0 atom stereocenters. The van der Waals surface area contributed by atoms with Gasteiger partial charge < -0.3 is 14.4 Å². The number of rotatable bonds is 6. The Hall–Kier alpha value is -2.49. The summed E-state index contributed by atoms with van der Waals surface area (Å²) in [6, 6.07) is 15.6. The molecule has 0 saturated heterocycles. The van der Waals surface area contributed by atoms with Gasteiger partial charge >= 0.3 is 0 Å². The first-order chi connectivity index (χ1) is 11.4. The van der Waals surface area contributed by atoms with Gasteiger partial charge in [0, 0.05) is 13.6 Å². The topological polar surface area (TPSA) is 38.8 Å². The summed E-state index contributed by atoms with van der Waals surface area (Å²) in [5, 5.41) is 0. The first-order valence-corrected chi connectivity index (χ1v) is 7.92. The predicted octanol–water partition coefficient (Wildman–Crippen LogP) is 3.64. The van der Waals surface area contributed by atoms with Crippen molar-refractivity contribution < 1.29 is 14.3 Å².